The normalized spacial score (nSPS) is 11.9. The summed E-state index contributed by atoms with van der Waals surface area (Å²) in [4.78, 5) is 16.7. The number of thioether (sulfide) groups is 1. The Balaban J connectivity index is 1.63. The predicted molar refractivity (Wildman–Crippen MR) is 104 cm³/mol. The smallest absolute Gasteiger partial charge is 0.237 e. The van der Waals surface area contributed by atoms with Crippen LogP contribution in [0.5, 0.6) is 5.75 Å². The molecule has 9 heteroatoms. The van der Waals surface area contributed by atoms with Crippen LogP contribution in [-0.2, 0) is 4.79 Å². The number of nitrogens with one attached hydrogen (secondary N) is 2. The second kappa shape index (κ2) is 8.41. The van der Waals surface area contributed by atoms with E-state index in [9.17, 15) is 9.18 Å². The van der Waals surface area contributed by atoms with Crippen molar-refractivity contribution < 1.29 is 13.9 Å². The van der Waals surface area contributed by atoms with Gasteiger partial charge in [0.2, 0.25) is 11.1 Å². The van der Waals surface area contributed by atoms with E-state index in [2.05, 4.69) is 20.5 Å². The fourth-order valence-electron chi connectivity index (χ4n) is 2.21. The Morgan fingerprint density at radius 1 is 1.30 bits per heavy atom. The zero-order valence-electron chi connectivity index (χ0n) is 14.5. The Labute approximate surface area is 164 Å². The maximum Gasteiger partial charge on any atom is 0.237 e. The maximum atomic E-state index is 13.2. The van der Waals surface area contributed by atoms with Crippen LogP contribution in [0.3, 0.4) is 0 Å². The van der Waals surface area contributed by atoms with Crippen molar-refractivity contribution in [1.82, 2.24) is 15.2 Å². The van der Waals surface area contributed by atoms with E-state index in [0.717, 1.165) is 11.3 Å². The van der Waals surface area contributed by atoms with E-state index in [1.165, 1.54) is 30.0 Å². The number of nitrogens with zero attached hydrogens (tertiary/aromatic N) is 2. The Bertz CT molecular complexity index is 949. The second-order valence-corrected chi connectivity index (χ2v) is 7.29. The molecule has 3 rings (SSSR count). The summed E-state index contributed by atoms with van der Waals surface area (Å²) in [6.07, 6.45) is 0. The molecule has 1 amide bonds. The van der Waals surface area contributed by atoms with Crippen LogP contribution in [0.25, 0.3) is 11.4 Å². The summed E-state index contributed by atoms with van der Waals surface area (Å²) < 4.78 is 18.3. The molecule has 6 nitrogen and oxygen atoms in total. The number of rotatable bonds is 6. The number of hydrogen-bond donors (Lipinski definition) is 2. The summed E-state index contributed by atoms with van der Waals surface area (Å²) in [7, 11) is 1.60. The zero-order valence-corrected chi connectivity index (χ0v) is 16.1. The molecule has 0 saturated carbocycles. The van der Waals surface area contributed by atoms with E-state index in [0.29, 0.717) is 16.7 Å². The van der Waals surface area contributed by atoms with Gasteiger partial charge < -0.3 is 10.1 Å². The lowest BCUT2D eigenvalue weighted by Gasteiger charge is -2.10. The van der Waals surface area contributed by atoms with Crippen molar-refractivity contribution in [2.45, 2.75) is 17.3 Å². The summed E-state index contributed by atoms with van der Waals surface area (Å²) in [5.74, 6) is 0.541. The number of benzene rings is 2. The van der Waals surface area contributed by atoms with Gasteiger partial charge in [-0.05, 0) is 49.4 Å². The van der Waals surface area contributed by atoms with Gasteiger partial charge in [0.25, 0.3) is 0 Å². The van der Waals surface area contributed by atoms with E-state index in [1.54, 1.807) is 14.0 Å². The zero-order chi connectivity index (χ0) is 19.4. The molecule has 0 radical (unpaired) electrons. The summed E-state index contributed by atoms with van der Waals surface area (Å²) in [5, 5.41) is 9.61. The highest BCUT2D eigenvalue weighted by molar-refractivity contribution is 8.00. The molecular formula is C18H16ClFN4O2S. The number of H-pyrrole nitrogens is 1. The molecule has 0 unspecified atom stereocenters. The van der Waals surface area contributed by atoms with Gasteiger partial charge in [0.05, 0.1) is 17.4 Å². The van der Waals surface area contributed by atoms with Crippen LogP contribution in [0.2, 0.25) is 5.02 Å². The molecule has 1 heterocycles. The van der Waals surface area contributed by atoms with Crippen molar-refractivity contribution in [1.29, 1.82) is 0 Å². The molecule has 3 aromatic rings. The topological polar surface area (TPSA) is 79.9 Å². The molecule has 1 atom stereocenters. The largest absolute Gasteiger partial charge is 0.497 e. The molecule has 140 valence electrons. The molecule has 0 fully saturated rings. The minimum atomic E-state index is -0.538. The summed E-state index contributed by atoms with van der Waals surface area (Å²) in [5.41, 5.74) is 1.28. The van der Waals surface area contributed by atoms with Crippen molar-refractivity contribution in [3.05, 3.63) is 53.3 Å². The van der Waals surface area contributed by atoms with Gasteiger partial charge in [-0.25, -0.2) is 9.37 Å². The number of ether oxygens (including phenoxy) is 1. The summed E-state index contributed by atoms with van der Waals surface area (Å²) in [6.45, 7) is 1.73. The molecule has 27 heavy (non-hydrogen) atoms. The highest BCUT2D eigenvalue weighted by Gasteiger charge is 2.18. The fraction of sp³-hybridized carbons (Fsp3) is 0.167. The lowest BCUT2D eigenvalue weighted by molar-refractivity contribution is -0.115. The first-order chi connectivity index (χ1) is 13.0. The van der Waals surface area contributed by atoms with Gasteiger partial charge in [0, 0.05) is 11.3 Å². The van der Waals surface area contributed by atoms with E-state index in [-0.39, 0.29) is 10.9 Å². The van der Waals surface area contributed by atoms with Crippen LogP contribution in [0.15, 0.2) is 47.6 Å². The fourth-order valence-corrected chi connectivity index (χ4v) is 3.11. The molecular weight excluding hydrogens is 391 g/mol. The molecule has 0 spiro atoms. The second-order valence-electron chi connectivity index (χ2n) is 5.57. The van der Waals surface area contributed by atoms with Gasteiger partial charge >= 0.3 is 0 Å². The molecule has 0 aliphatic carbocycles. The number of aromatic amines is 1. The first kappa shape index (κ1) is 19.2. The summed E-state index contributed by atoms with van der Waals surface area (Å²) in [6, 6.07) is 11.4. The number of methoxy groups -OCH3 is 1. The number of amides is 1. The lowest BCUT2D eigenvalue weighted by atomic mass is 10.2. The minimum absolute atomic E-state index is 0.0498. The maximum absolute atomic E-state index is 13.2. The highest BCUT2D eigenvalue weighted by Crippen LogP contribution is 2.25. The van der Waals surface area contributed by atoms with Crippen LogP contribution in [0.4, 0.5) is 10.1 Å². The third kappa shape index (κ3) is 4.78. The van der Waals surface area contributed by atoms with Crippen LogP contribution < -0.4 is 10.1 Å². The molecule has 0 bridgehead atoms. The SMILES string of the molecule is COc1ccc(-c2nc(S[C@@H](C)C(=O)Nc3ccc(F)c(Cl)c3)n[nH]2)cc1. The van der Waals surface area contributed by atoms with Crippen molar-refractivity contribution in [3.63, 3.8) is 0 Å². The minimum Gasteiger partial charge on any atom is -0.497 e. The van der Waals surface area contributed by atoms with Gasteiger partial charge in [-0.1, -0.05) is 23.4 Å². The first-order valence-corrected chi connectivity index (χ1v) is 9.21. The standard InChI is InChI=1S/C18H16ClFN4O2S/c1-10(17(25)21-12-5-8-15(20)14(19)9-12)27-18-22-16(23-24-18)11-3-6-13(26-2)7-4-11/h3-10H,1-2H3,(H,21,25)(H,22,23,24)/t10-/m0/s1. The molecule has 2 N–H and O–H groups in total. The number of halogens is 2. The molecule has 0 aliphatic rings. The third-order valence-corrected chi connectivity index (χ3v) is 4.92. The highest BCUT2D eigenvalue weighted by atomic mass is 35.5. The average Bonchev–Trinajstić information content (AvgIpc) is 3.13. The Morgan fingerprint density at radius 2 is 2.04 bits per heavy atom. The number of carbonyl (C=O) groups is 1. The van der Waals surface area contributed by atoms with Crippen molar-refractivity contribution in [2.24, 2.45) is 0 Å². The van der Waals surface area contributed by atoms with Gasteiger partial charge in [-0.15, -0.1) is 5.10 Å². The van der Waals surface area contributed by atoms with Crippen LogP contribution >= 0.6 is 23.4 Å². The third-order valence-electron chi connectivity index (χ3n) is 3.67. The van der Waals surface area contributed by atoms with E-state index < -0.39 is 11.1 Å². The predicted octanol–water partition coefficient (Wildman–Crippen LogP) is 4.39. The molecule has 2 aromatic carbocycles. The number of aromatic nitrogens is 3. The molecule has 1 aromatic heterocycles. The van der Waals surface area contributed by atoms with E-state index in [1.807, 2.05) is 24.3 Å². The number of hydrogen-bond acceptors (Lipinski definition) is 5. The van der Waals surface area contributed by atoms with Gasteiger partial charge in [-0.3, -0.25) is 9.89 Å². The Kier molecular flexibility index (Phi) is 5.98. The Morgan fingerprint density at radius 3 is 2.70 bits per heavy atom. The van der Waals surface area contributed by atoms with Crippen LogP contribution in [0, 0.1) is 5.82 Å². The quantitative estimate of drug-likeness (QED) is 0.593. The van der Waals surface area contributed by atoms with Crippen molar-refractivity contribution >= 4 is 35.0 Å². The number of carbonyl (C=O) groups excluding carboxylic acids is 1. The monoisotopic (exact) mass is 406 g/mol. The van der Waals surface area contributed by atoms with Crippen molar-refractivity contribution in [3.8, 4) is 17.1 Å². The lowest BCUT2D eigenvalue weighted by Crippen LogP contribution is -2.22. The van der Waals surface area contributed by atoms with Gasteiger partial charge in [0.1, 0.15) is 11.6 Å². The summed E-state index contributed by atoms with van der Waals surface area (Å²) >= 11 is 6.93. The molecule has 0 saturated heterocycles. The first-order valence-electron chi connectivity index (χ1n) is 7.95. The van der Waals surface area contributed by atoms with E-state index in [4.69, 9.17) is 16.3 Å². The Hall–Kier alpha value is -2.58. The van der Waals surface area contributed by atoms with Gasteiger partial charge in [-0.2, -0.15) is 0 Å². The van der Waals surface area contributed by atoms with Gasteiger partial charge in [0.15, 0.2) is 5.82 Å². The van der Waals surface area contributed by atoms with E-state index >= 15 is 0 Å². The molecule has 0 aliphatic heterocycles. The van der Waals surface area contributed by atoms with Crippen LogP contribution in [0.1, 0.15) is 6.92 Å². The average molecular weight is 407 g/mol. The number of anilines is 1. The van der Waals surface area contributed by atoms with Crippen molar-refractivity contribution in [2.75, 3.05) is 12.4 Å². The van der Waals surface area contributed by atoms with Crippen LogP contribution in [-0.4, -0.2) is 33.4 Å².